The van der Waals surface area contributed by atoms with Crippen molar-refractivity contribution >= 4 is 0 Å². The zero-order valence-corrected chi connectivity index (χ0v) is 8.19. The Labute approximate surface area is 87.6 Å². The summed E-state index contributed by atoms with van der Waals surface area (Å²) in [7, 11) is 0. The Morgan fingerprint density at radius 1 is 1.33 bits per heavy atom. The predicted octanol–water partition coefficient (Wildman–Crippen LogP) is 1.26. The van der Waals surface area contributed by atoms with Crippen molar-refractivity contribution in [3.8, 4) is 0 Å². The van der Waals surface area contributed by atoms with Crippen molar-refractivity contribution in [3.63, 3.8) is 0 Å². The second kappa shape index (κ2) is 6.03. The van der Waals surface area contributed by atoms with Crippen LogP contribution in [-0.4, -0.2) is 29.0 Å². The second-order valence-electron chi connectivity index (χ2n) is 3.21. The third-order valence-corrected chi connectivity index (χ3v) is 2.12. The van der Waals surface area contributed by atoms with E-state index >= 15 is 0 Å². The van der Waals surface area contributed by atoms with E-state index in [1.54, 1.807) is 0 Å². The van der Waals surface area contributed by atoms with Gasteiger partial charge in [0.2, 0.25) is 0 Å². The smallest absolute Gasteiger partial charge is 0.0867 e. The standard InChI is InChI=1S/C10H13N3O2/c11-13-12-9(7-14)10(15)6-8-4-2-1-3-5-8/h1-5,9-10,14-15H,6-7H2/t9-,10+/m0/s1. The molecule has 0 aliphatic rings. The van der Waals surface area contributed by atoms with Crippen molar-refractivity contribution in [2.75, 3.05) is 6.61 Å². The van der Waals surface area contributed by atoms with Gasteiger partial charge in [0.25, 0.3) is 0 Å². The van der Waals surface area contributed by atoms with Gasteiger partial charge in [0, 0.05) is 4.91 Å². The summed E-state index contributed by atoms with van der Waals surface area (Å²) in [4.78, 5) is 2.57. The van der Waals surface area contributed by atoms with Crippen LogP contribution < -0.4 is 0 Å². The summed E-state index contributed by atoms with van der Waals surface area (Å²) in [5, 5.41) is 21.9. The number of aliphatic hydroxyl groups is 2. The van der Waals surface area contributed by atoms with Gasteiger partial charge in [0.1, 0.15) is 0 Å². The van der Waals surface area contributed by atoms with Gasteiger partial charge in [0.05, 0.1) is 18.8 Å². The molecule has 0 aromatic heterocycles. The molecule has 0 heterocycles. The molecule has 0 aliphatic heterocycles. The summed E-state index contributed by atoms with van der Waals surface area (Å²) in [6.45, 7) is -0.349. The fourth-order valence-electron chi connectivity index (χ4n) is 1.29. The monoisotopic (exact) mass is 207 g/mol. The van der Waals surface area contributed by atoms with Crippen molar-refractivity contribution < 1.29 is 10.2 Å². The third kappa shape index (κ3) is 3.59. The van der Waals surface area contributed by atoms with Gasteiger partial charge in [-0.25, -0.2) is 0 Å². The SMILES string of the molecule is [N-]=[N+]=N[C@@H](CO)[C@H](O)Cc1ccccc1. The van der Waals surface area contributed by atoms with Gasteiger partial charge >= 0.3 is 0 Å². The molecule has 0 radical (unpaired) electrons. The topological polar surface area (TPSA) is 89.2 Å². The third-order valence-electron chi connectivity index (χ3n) is 2.12. The van der Waals surface area contributed by atoms with Crippen LogP contribution in [0.25, 0.3) is 10.4 Å². The van der Waals surface area contributed by atoms with Gasteiger partial charge in [0.15, 0.2) is 0 Å². The highest BCUT2D eigenvalue weighted by atomic mass is 16.3. The lowest BCUT2D eigenvalue weighted by molar-refractivity contribution is 0.109. The Balaban J connectivity index is 2.61. The second-order valence-corrected chi connectivity index (χ2v) is 3.21. The average Bonchev–Trinajstić information content (AvgIpc) is 2.27. The highest BCUT2D eigenvalue weighted by Crippen LogP contribution is 2.08. The maximum Gasteiger partial charge on any atom is 0.0867 e. The predicted molar refractivity (Wildman–Crippen MR) is 56.2 cm³/mol. The van der Waals surface area contributed by atoms with Crippen LogP contribution in [0, 0.1) is 0 Å². The lowest BCUT2D eigenvalue weighted by atomic mass is 10.0. The van der Waals surface area contributed by atoms with Gasteiger partial charge in [-0.05, 0) is 17.5 Å². The Bertz CT molecular complexity index is 336. The van der Waals surface area contributed by atoms with Crippen molar-refractivity contribution in [1.29, 1.82) is 0 Å². The van der Waals surface area contributed by atoms with E-state index in [1.807, 2.05) is 30.3 Å². The van der Waals surface area contributed by atoms with Crippen molar-refractivity contribution in [2.45, 2.75) is 18.6 Å². The van der Waals surface area contributed by atoms with Crippen LogP contribution >= 0.6 is 0 Å². The number of hydrogen-bond donors (Lipinski definition) is 2. The number of azide groups is 1. The maximum atomic E-state index is 9.67. The van der Waals surface area contributed by atoms with Crippen molar-refractivity contribution in [3.05, 3.63) is 46.3 Å². The summed E-state index contributed by atoms with van der Waals surface area (Å²) in [6, 6.07) is 8.57. The lowest BCUT2D eigenvalue weighted by Gasteiger charge is -2.15. The Morgan fingerprint density at radius 2 is 2.00 bits per heavy atom. The molecule has 2 N–H and O–H groups in total. The molecule has 0 aliphatic carbocycles. The van der Waals surface area contributed by atoms with Crippen molar-refractivity contribution in [2.24, 2.45) is 5.11 Å². The molecule has 5 heteroatoms. The number of aliphatic hydroxyl groups excluding tert-OH is 2. The fraction of sp³-hybridized carbons (Fsp3) is 0.400. The molecule has 2 atom stereocenters. The summed E-state index contributed by atoms with van der Waals surface area (Å²) < 4.78 is 0. The fourth-order valence-corrected chi connectivity index (χ4v) is 1.29. The number of benzene rings is 1. The number of rotatable bonds is 5. The number of nitrogens with zero attached hydrogens (tertiary/aromatic N) is 3. The molecule has 15 heavy (non-hydrogen) atoms. The van der Waals surface area contributed by atoms with E-state index in [0.29, 0.717) is 6.42 Å². The molecule has 0 amide bonds. The van der Waals surface area contributed by atoms with Crippen LogP contribution in [-0.2, 0) is 6.42 Å². The van der Waals surface area contributed by atoms with Crippen molar-refractivity contribution in [1.82, 2.24) is 0 Å². The maximum absolute atomic E-state index is 9.67. The highest BCUT2D eigenvalue weighted by molar-refractivity contribution is 5.15. The first-order valence-corrected chi connectivity index (χ1v) is 4.65. The first-order valence-electron chi connectivity index (χ1n) is 4.65. The van der Waals surface area contributed by atoms with Crippen LogP contribution in [0.4, 0.5) is 0 Å². The minimum Gasteiger partial charge on any atom is -0.396 e. The zero-order valence-electron chi connectivity index (χ0n) is 8.19. The highest BCUT2D eigenvalue weighted by Gasteiger charge is 2.16. The van der Waals surface area contributed by atoms with E-state index in [0.717, 1.165) is 5.56 Å². The molecular formula is C10H13N3O2. The number of hydrogen-bond acceptors (Lipinski definition) is 3. The zero-order chi connectivity index (χ0) is 11.1. The van der Waals surface area contributed by atoms with E-state index < -0.39 is 12.1 Å². The minimum atomic E-state index is -0.853. The van der Waals surface area contributed by atoms with Gasteiger partial charge < -0.3 is 10.2 Å². The van der Waals surface area contributed by atoms with Crippen LogP contribution in [0.5, 0.6) is 0 Å². The van der Waals surface area contributed by atoms with Gasteiger partial charge in [-0.1, -0.05) is 35.4 Å². The normalized spacial score (nSPS) is 14.0. The molecule has 1 rings (SSSR count). The average molecular weight is 207 g/mol. The molecule has 0 unspecified atom stereocenters. The molecule has 1 aromatic rings. The molecule has 0 fully saturated rings. The van der Waals surface area contributed by atoms with Crippen LogP contribution in [0.1, 0.15) is 5.56 Å². The summed E-state index contributed by atoms with van der Waals surface area (Å²) in [5.74, 6) is 0. The Kier molecular flexibility index (Phi) is 4.63. The summed E-state index contributed by atoms with van der Waals surface area (Å²) in [5.41, 5.74) is 9.16. The molecule has 1 aromatic carbocycles. The minimum absolute atomic E-state index is 0.349. The van der Waals surface area contributed by atoms with E-state index in [-0.39, 0.29) is 6.61 Å². The Morgan fingerprint density at radius 3 is 2.53 bits per heavy atom. The van der Waals surface area contributed by atoms with E-state index in [9.17, 15) is 5.11 Å². The van der Waals surface area contributed by atoms with Crippen LogP contribution in [0.2, 0.25) is 0 Å². The molecule has 0 bridgehead atoms. The van der Waals surface area contributed by atoms with Crippen LogP contribution in [0.15, 0.2) is 35.4 Å². The van der Waals surface area contributed by atoms with Gasteiger partial charge in [-0.2, -0.15) is 0 Å². The molecular weight excluding hydrogens is 194 g/mol. The van der Waals surface area contributed by atoms with E-state index in [2.05, 4.69) is 10.0 Å². The van der Waals surface area contributed by atoms with Gasteiger partial charge in [-0.15, -0.1) is 0 Å². The Hall–Kier alpha value is -1.55. The first kappa shape index (κ1) is 11.5. The molecule has 5 nitrogen and oxygen atoms in total. The molecule has 0 saturated heterocycles. The largest absolute Gasteiger partial charge is 0.396 e. The molecule has 0 spiro atoms. The molecule has 80 valence electrons. The lowest BCUT2D eigenvalue weighted by Crippen LogP contribution is -2.29. The molecule has 0 saturated carbocycles. The summed E-state index contributed by atoms with van der Waals surface area (Å²) in [6.07, 6.45) is -0.487. The summed E-state index contributed by atoms with van der Waals surface area (Å²) >= 11 is 0. The van der Waals surface area contributed by atoms with E-state index in [4.69, 9.17) is 10.6 Å². The first-order chi connectivity index (χ1) is 7.27. The van der Waals surface area contributed by atoms with Crippen LogP contribution in [0.3, 0.4) is 0 Å². The van der Waals surface area contributed by atoms with E-state index in [1.165, 1.54) is 0 Å². The quantitative estimate of drug-likeness (QED) is 0.432. The van der Waals surface area contributed by atoms with Gasteiger partial charge in [-0.3, -0.25) is 0 Å².